The van der Waals surface area contributed by atoms with E-state index in [9.17, 15) is 4.79 Å². The minimum atomic E-state index is -0.546. The highest BCUT2D eigenvalue weighted by atomic mass is 35.5. The molecule has 0 spiro atoms. The van der Waals surface area contributed by atoms with Gasteiger partial charge < -0.3 is 25.2 Å². The molecule has 1 atom stereocenters. The van der Waals surface area contributed by atoms with Gasteiger partial charge in [0.05, 0.1) is 28.8 Å². The molecule has 3 aromatic rings. The summed E-state index contributed by atoms with van der Waals surface area (Å²) in [4.78, 5) is 32.1. The molecule has 2 fully saturated rings. The van der Waals surface area contributed by atoms with Crippen molar-refractivity contribution in [1.29, 1.82) is 0 Å². The van der Waals surface area contributed by atoms with Crippen LogP contribution in [-0.4, -0.2) is 72.2 Å². The number of ether oxygens (including phenoxy) is 1. The highest BCUT2D eigenvalue weighted by Crippen LogP contribution is 2.44. The van der Waals surface area contributed by atoms with E-state index in [-0.39, 0.29) is 12.1 Å². The van der Waals surface area contributed by atoms with Crippen LogP contribution in [0.25, 0.3) is 0 Å². The normalized spacial score (nSPS) is 17.8. The van der Waals surface area contributed by atoms with E-state index in [0.29, 0.717) is 49.0 Å². The van der Waals surface area contributed by atoms with Gasteiger partial charge in [-0.15, -0.1) is 5.10 Å². The van der Waals surface area contributed by atoms with Gasteiger partial charge >= 0.3 is 6.09 Å². The molecule has 208 valence electrons. The van der Waals surface area contributed by atoms with Gasteiger partial charge in [0.2, 0.25) is 5.95 Å². The summed E-state index contributed by atoms with van der Waals surface area (Å²) in [5.74, 6) is 2.65. The van der Waals surface area contributed by atoms with Gasteiger partial charge in [0.15, 0.2) is 11.6 Å². The first-order chi connectivity index (χ1) is 18.5. The van der Waals surface area contributed by atoms with Crippen molar-refractivity contribution in [2.45, 2.75) is 65.0 Å². The Morgan fingerprint density at radius 3 is 2.54 bits per heavy atom. The molecule has 2 N–H and O–H groups in total. The molecule has 1 amide bonds. The Labute approximate surface area is 233 Å². The number of anilines is 5. The number of halogens is 1. The maximum atomic E-state index is 12.7. The Morgan fingerprint density at radius 2 is 1.90 bits per heavy atom. The second kappa shape index (κ2) is 10.5. The molecule has 4 heterocycles. The summed E-state index contributed by atoms with van der Waals surface area (Å²) in [5, 5.41) is 15.8. The van der Waals surface area contributed by atoms with Crippen molar-refractivity contribution in [1.82, 2.24) is 34.8 Å². The maximum absolute atomic E-state index is 12.7. The zero-order valence-electron chi connectivity index (χ0n) is 23.2. The predicted octanol–water partition coefficient (Wildman–Crippen LogP) is 4.77. The van der Waals surface area contributed by atoms with E-state index in [1.54, 1.807) is 24.3 Å². The van der Waals surface area contributed by atoms with Crippen molar-refractivity contribution in [2.75, 3.05) is 35.2 Å². The molecule has 5 rings (SSSR count). The van der Waals surface area contributed by atoms with Gasteiger partial charge in [-0.25, -0.2) is 14.8 Å². The van der Waals surface area contributed by atoms with E-state index in [1.165, 1.54) is 4.80 Å². The third kappa shape index (κ3) is 6.32. The van der Waals surface area contributed by atoms with Gasteiger partial charge in [0, 0.05) is 32.7 Å². The third-order valence-electron chi connectivity index (χ3n) is 6.62. The Morgan fingerprint density at radius 1 is 1.13 bits per heavy atom. The van der Waals surface area contributed by atoms with Crippen molar-refractivity contribution < 1.29 is 9.53 Å². The Kier molecular flexibility index (Phi) is 7.23. The SMILES string of the molecule is Cc1nc(Nc2ncc(N3CCN(C(=O)OC(C)(C)C)[C@H](C)C3)c(Nc3cnn(C)n3)n2)cc(C2CC2)c1Cl. The molecular weight excluding hydrogens is 520 g/mol. The second-order valence-corrected chi connectivity index (χ2v) is 11.5. The molecule has 0 bridgehead atoms. The van der Waals surface area contributed by atoms with Crippen LogP contribution in [0.1, 0.15) is 57.7 Å². The van der Waals surface area contributed by atoms with Crippen LogP contribution < -0.4 is 15.5 Å². The number of pyridine rings is 1. The topological polar surface area (TPSA) is 126 Å². The molecule has 2 aliphatic rings. The molecule has 1 aliphatic carbocycles. The lowest BCUT2D eigenvalue weighted by atomic mass is 10.1. The van der Waals surface area contributed by atoms with Gasteiger partial charge in [-0.1, -0.05) is 11.6 Å². The number of amides is 1. The lowest BCUT2D eigenvalue weighted by Crippen LogP contribution is -2.55. The molecule has 0 radical (unpaired) electrons. The smallest absolute Gasteiger partial charge is 0.410 e. The first kappa shape index (κ1) is 26.9. The summed E-state index contributed by atoms with van der Waals surface area (Å²) in [6, 6.07) is 1.91. The van der Waals surface area contributed by atoms with E-state index < -0.39 is 5.60 Å². The fourth-order valence-electron chi connectivity index (χ4n) is 4.60. The summed E-state index contributed by atoms with van der Waals surface area (Å²) < 4.78 is 5.60. The molecule has 1 saturated carbocycles. The van der Waals surface area contributed by atoms with E-state index in [0.717, 1.165) is 34.8 Å². The number of nitrogens with zero attached hydrogens (tertiary/aromatic N) is 8. The van der Waals surface area contributed by atoms with Crippen molar-refractivity contribution in [3.05, 3.63) is 34.7 Å². The lowest BCUT2D eigenvalue weighted by molar-refractivity contribution is 0.0159. The number of hydrogen-bond acceptors (Lipinski definition) is 10. The quantitative estimate of drug-likeness (QED) is 0.440. The van der Waals surface area contributed by atoms with Crippen LogP contribution in [-0.2, 0) is 11.8 Å². The van der Waals surface area contributed by atoms with E-state index in [4.69, 9.17) is 21.3 Å². The van der Waals surface area contributed by atoms with Crippen LogP contribution in [0.5, 0.6) is 0 Å². The van der Waals surface area contributed by atoms with Gasteiger partial charge in [-0.3, -0.25) is 0 Å². The van der Waals surface area contributed by atoms with E-state index >= 15 is 0 Å². The molecule has 39 heavy (non-hydrogen) atoms. The number of aryl methyl sites for hydroxylation is 2. The molecule has 3 aromatic heterocycles. The van der Waals surface area contributed by atoms with Crippen LogP contribution in [0, 0.1) is 6.92 Å². The monoisotopic (exact) mass is 554 g/mol. The van der Waals surface area contributed by atoms with Crippen molar-refractivity contribution >= 4 is 46.8 Å². The van der Waals surface area contributed by atoms with Crippen LogP contribution in [0.4, 0.5) is 33.9 Å². The molecule has 13 heteroatoms. The minimum Gasteiger partial charge on any atom is -0.444 e. The zero-order chi connectivity index (χ0) is 27.9. The van der Waals surface area contributed by atoms with Gasteiger partial charge in [-0.2, -0.15) is 14.9 Å². The Hall–Kier alpha value is -3.67. The summed E-state index contributed by atoms with van der Waals surface area (Å²) >= 11 is 6.52. The van der Waals surface area contributed by atoms with Crippen molar-refractivity contribution in [2.24, 2.45) is 7.05 Å². The summed E-state index contributed by atoms with van der Waals surface area (Å²) in [6.07, 6.45) is 5.38. The Bertz CT molecular complexity index is 1370. The number of rotatable bonds is 6. The highest BCUT2D eigenvalue weighted by molar-refractivity contribution is 6.32. The number of hydrogen-bond donors (Lipinski definition) is 2. The zero-order valence-corrected chi connectivity index (χ0v) is 24.0. The number of nitrogens with one attached hydrogen (secondary N) is 2. The number of piperazine rings is 1. The standard InChI is InChI=1S/C26H35ClN10O2/c1-15-14-36(9-10-37(15)25(38)39-26(3,4)5)19-12-28-24(33-23(19)31-21-13-29-35(6)34-21)32-20-11-18(17-7-8-17)22(27)16(2)30-20/h11-13,15,17H,7-10,14H2,1-6H3,(H2,28,30,31,32,33,34)/t15-/m1/s1. The fourth-order valence-corrected chi connectivity index (χ4v) is 4.85. The van der Waals surface area contributed by atoms with Crippen LogP contribution in [0.2, 0.25) is 5.02 Å². The minimum absolute atomic E-state index is 0.0714. The van der Waals surface area contributed by atoms with Crippen molar-refractivity contribution in [3.8, 4) is 0 Å². The average molecular weight is 555 g/mol. The van der Waals surface area contributed by atoms with Crippen LogP contribution >= 0.6 is 11.6 Å². The summed E-state index contributed by atoms with van der Waals surface area (Å²) in [6.45, 7) is 11.2. The lowest BCUT2D eigenvalue weighted by Gasteiger charge is -2.41. The van der Waals surface area contributed by atoms with Gasteiger partial charge in [-0.05, 0) is 65.0 Å². The second-order valence-electron chi connectivity index (χ2n) is 11.1. The van der Waals surface area contributed by atoms with E-state index in [2.05, 4.69) is 35.7 Å². The molecular formula is C26H35ClN10O2. The predicted molar refractivity (Wildman–Crippen MR) is 150 cm³/mol. The summed E-state index contributed by atoms with van der Waals surface area (Å²) in [7, 11) is 1.75. The first-order valence-electron chi connectivity index (χ1n) is 13.2. The fraction of sp³-hybridized carbons (Fsp3) is 0.538. The Balaban J connectivity index is 1.39. The molecule has 12 nitrogen and oxygen atoms in total. The maximum Gasteiger partial charge on any atom is 0.410 e. The molecule has 1 aliphatic heterocycles. The molecule has 0 unspecified atom stereocenters. The van der Waals surface area contributed by atoms with Gasteiger partial charge in [0.25, 0.3) is 0 Å². The van der Waals surface area contributed by atoms with E-state index in [1.807, 2.05) is 40.7 Å². The molecule has 1 saturated heterocycles. The highest BCUT2D eigenvalue weighted by Gasteiger charge is 2.32. The largest absolute Gasteiger partial charge is 0.444 e. The third-order valence-corrected chi connectivity index (χ3v) is 7.11. The number of carbonyl (C=O) groups is 1. The van der Waals surface area contributed by atoms with Gasteiger partial charge in [0.1, 0.15) is 11.4 Å². The number of aromatic nitrogens is 6. The van der Waals surface area contributed by atoms with Crippen LogP contribution in [0.15, 0.2) is 18.5 Å². The first-order valence-corrected chi connectivity index (χ1v) is 13.5. The van der Waals surface area contributed by atoms with Crippen molar-refractivity contribution in [3.63, 3.8) is 0 Å². The number of carbonyl (C=O) groups excluding carboxylic acids is 1. The average Bonchev–Trinajstić information content (AvgIpc) is 3.61. The molecule has 0 aromatic carbocycles. The summed E-state index contributed by atoms with van der Waals surface area (Å²) in [5.41, 5.74) is 2.13. The van der Waals surface area contributed by atoms with Crippen LogP contribution in [0.3, 0.4) is 0 Å².